The van der Waals surface area contributed by atoms with Crippen LogP contribution in [0.2, 0.25) is 0 Å². The van der Waals surface area contributed by atoms with Crippen molar-refractivity contribution in [1.29, 1.82) is 0 Å². The van der Waals surface area contributed by atoms with Crippen molar-refractivity contribution in [2.45, 2.75) is 13.0 Å². The summed E-state index contributed by atoms with van der Waals surface area (Å²) in [7, 11) is 0. The van der Waals surface area contributed by atoms with Crippen molar-refractivity contribution in [3.63, 3.8) is 0 Å². The molecule has 3 nitrogen and oxygen atoms in total. The average molecular weight is 354 g/mol. The Bertz CT molecular complexity index is 592. The van der Waals surface area contributed by atoms with Gasteiger partial charge >= 0.3 is 0 Å². The lowest BCUT2D eigenvalue weighted by Crippen LogP contribution is -2.05. The molecule has 0 atom stereocenters. The SMILES string of the molecule is NCc1cccc(OCCCOc2ccc(F)c(Br)c2)c1. The summed E-state index contributed by atoms with van der Waals surface area (Å²) in [4.78, 5) is 0. The van der Waals surface area contributed by atoms with Crippen LogP contribution < -0.4 is 15.2 Å². The zero-order chi connectivity index (χ0) is 15.1. The number of ether oxygens (including phenoxy) is 2. The Morgan fingerprint density at radius 2 is 1.71 bits per heavy atom. The summed E-state index contributed by atoms with van der Waals surface area (Å²) < 4.78 is 24.6. The molecule has 0 bridgehead atoms. The van der Waals surface area contributed by atoms with Crippen LogP contribution in [0.15, 0.2) is 46.9 Å². The first-order chi connectivity index (χ1) is 10.2. The molecular weight excluding hydrogens is 337 g/mol. The average Bonchev–Trinajstić information content (AvgIpc) is 2.50. The van der Waals surface area contributed by atoms with Gasteiger partial charge in [-0.3, -0.25) is 0 Å². The second-order valence-corrected chi connectivity index (χ2v) is 5.33. The van der Waals surface area contributed by atoms with E-state index in [-0.39, 0.29) is 5.82 Å². The lowest BCUT2D eigenvalue weighted by molar-refractivity contribution is 0.247. The van der Waals surface area contributed by atoms with Gasteiger partial charge in [-0.2, -0.15) is 0 Å². The molecule has 0 aliphatic heterocycles. The quantitative estimate of drug-likeness (QED) is 0.767. The van der Waals surface area contributed by atoms with Gasteiger partial charge in [0.05, 0.1) is 17.7 Å². The Morgan fingerprint density at radius 1 is 1.00 bits per heavy atom. The molecule has 0 spiro atoms. The zero-order valence-corrected chi connectivity index (χ0v) is 13.1. The van der Waals surface area contributed by atoms with Crippen LogP contribution in [0.5, 0.6) is 11.5 Å². The molecule has 0 unspecified atom stereocenters. The highest BCUT2D eigenvalue weighted by atomic mass is 79.9. The molecule has 0 aliphatic carbocycles. The van der Waals surface area contributed by atoms with Crippen LogP contribution in [0.1, 0.15) is 12.0 Å². The third-order valence-electron chi connectivity index (χ3n) is 2.85. The maximum atomic E-state index is 13.1. The summed E-state index contributed by atoms with van der Waals surface area (Å²) in [6.07, 6.45) is 0.738. The minimum atomic E-state index is -0.300. The molecule has 0 aromatic heterocycles. The summed E-state index contributed by atoms with van der Waals surface area (Å²) in [5, 5.41) is 0. The molecule has 2 N–H and O–H groups in total. The summed E-state index contributed by atoms with van der Waals surface area (Å²) in [5.74, 6) is 1.14. The lowest BCUT2D eigenvalue weighted by Gasteiger charge is -2.09. The maximum Gasteiger partial charge on any atom is 0.137 e. The molecule has 2 rings (SSSR count). The van der Waals surface area contributed by atoms with Gasteiger partial charge < -0.3 is 15.2 Å². The van der Waals surface area contributed by atoms with Crippen molar-refractivity contribution in [2.24, 2.45) is 5.73 Å². The van der Waals surface area contributed by atoms with E-state index in [4.69, 9.17) is 15.2 Å². The zero-order valence-electron chi connectivity index (χ0n) is 11.5. The number of nitrogens with two attached hydrogens (primary N) is 1. The van der Waals surface area contributed by atoms with Crippen LogP contribution >= 0.6 is 15.9 Å². The van der Waals surface area contributed by atoms with Crippen LogP contribution in [0.3, 0.4) is 0 Å². The van der Waals surface area contributed by atoms with Crippen LogP contribution in [-0.2, 0) is 6.54 Å². The van der Waals surface area contributed by atoms with Gasteiger partial charge in [0, 0.05) is 13.0 Å². The minimum Gasteiger partial charge on any atom is -0.493 e. The van der Waals surface area contributed by atoms with E-state index in [1.807, 2.05) is 24.3 Å². The number of halogens is 2. The number of hydrogen-bond acceptors (Lipinski definition) is 3. The molecule has 0 saturated heterocycles. The van der Waals surface area contributed by atoms with Crippen molar-refractivity contribution >= 4 is 15.9 Å². The van der Waals surface area contributed by atoms with Gasteiger partial charge in [0.15, 0.2) is 0 Å². The molecule has 5 heteroatoms. The van der Waals surface area contributed by atoms with Crippen molar-refractivity contribution in [1.82, 2.24) is 0 Å². The van der Waals surface area contributed by atoms with Gasteiger partial charge in [-0.15, -0.1) is 0 Å². The van der Waals surface area contributed by atoms with Crippen molar-refractivity contribution in [2.75, 3.05) is 13.2 Å². The fourth-order valence-electron chi connectivity index (χ4n) is 1.77. The third kappa shape index (κ3) is 5.02. The van der Waals surface area contributed by atoms with Gasteiger partial charge in [0.2, 0.25) is 0 Å². The van der Waals surface area contributed by atoms with Crippen molar-refractivity contribution in [3.05, 3.63) is 58.3 Å². The third-order valence-corrected chi connectivity index (χ3v) is 3.46. The highest BCUT2D eigenvalue weighted by Gasteiger charge is 2.01. The largest absolute Gasteiger partial charge is 0.493 e. The van der Waals surface area contributed by atoms with E-state index >= 15 is 0 Å². The summed E-state index contributed by atoms with van der Waals surface area (Å²) in [5.41, 5.74) is 6.62. The van der Waals surface area contributed by atoms with Crippen LogP contribution in [0.25, 0.3) is 0 Å². The molecule has 0 saturated carbocycles. The summed E-state index contributed by atoms with van der Waals surface area (Å²) in [6, 6.07) is 12.3. The highest BCUT2D eigenvalue weighted by molar-refractivity contribution is 9.10. The van der Waals surface area contributed by atoms with Crippen molar-refractivity contribution in [3.8, 4) is 11.5 Å². The number of benzene rings is 2. The molecule has 0 fully saturated rings. The Balaban J connectivity index is 1.71. The fourth-order valence-corrected chi connectivity index (χ4v) is 2.13. The van der Waals surface area contributed by atoms with Crippen LogP contribution in [0, 0.1) is 5.82 Å². The van der Waals surface area contributed by atoms with E-state index in [2.05, 4.69) is 15.9 Å². The first kappa shape index (κ1) is 15.8. The molecular formula is C16H17BrFNO2. The Morgan fingerprint density at radius 3 is 2.38 bits per heavy atom. The topological polar surface area (TPSA) is 44.5 Å². The normalized spacial score (nSPS) is 10.4. The molecule has 2 aromatic rings. The lowest BCUT2D eigenvalue weighted by atomic mass is 10.2. The molecule has 21 heavy (non-hydrogen) atoms. The second kappa shape index (κ2) is 8.00. The molecule has 0 radical (unpaired) electrons. The predicted molar refractivity (Wildman–Crippen MR) is 84.0 cm³/mol. The van der Waals surface area contributed by atoms with Gasteiger partial charge in [0.25, 0.3) is 0 Å². The van der Waals surface area contributed by atoms with Crippen LogP contribution in [0.4, 0.5) is 4.39 Å². The first-order valence-electron chi connectivity index (χ1n) is 6.68. The first-order valence-corrected chi connectivity index (χ1v) is 7.48. The smallest absolute Gasteiger partial charge is 0.137 e. The summed E-state index contributed by atoms with van der Waals surface area (Å²) >= 11 is 3.12. The minimum absolute atomic E-state index is 0.300. The molecule has 0 aliphatic rings. The monoisotopic (exact) mass is 353 g/mol. The van der Waals surface area contributed by atoms with E-state index in [1.54, 1.807) is 12.1 Å². The summed E-state index contributed by atoms with van der Waals surface area (Å²) in [6.45, 7) is 1.56. The van der Waals surface area contributed by atoms with E-state index < -0.39 is 0 Å². The van der Waals surface area contributed by atoms with Gasteiger partial charge in [-0.25, -0.2) is 4.39 Å². The standard InChI is InChI=1S/C16H17BrFNO2/c17-15-10-14(5-6-16(15)18)21-8-2-7-20-13-4-1-3-12(9-13)11-19/h1,3-6,9-10H,2,7-8,11,19H2. The molecule has 0 amide bonds. The fraction of sp³-hybridized carbons (Fsp3) is 0.250. The Hall–Kier alpha value is -1.59. The predicted octanol–water partition coefficient (Wildman–Crippen LogP) is 3.89. The van der Waals surface area contributed by atoms with E-state index in [9.17, 15) is 4.39 Å². The Labute approximate surface area is 132 Å². The number of hydrogen-bond donors (Lipinski definition) is 1. The van der Waals surface area contributed by atoms with E-state index in [1.165, 1.54) is 6.07 Å². The van der Waals surface area contributed by atoms with Gasteiger partial charge in [0.1, 0.15) is 17.3 Å². The highest BCUT2D eigenvalue weighted by Crippen LogP contribution is 2.21. The van der Waals surface area contributed by atoms with Crippen molar-refractivity contribution < 1.29 is 13.9 Å². The Kier molecular flexibility index (Phi) is 6.02. The molecule has 2 aromatic carbocycles. The van der Waals surface area contributed by atoms with Gasteiger partial charge in [-0.1, -0.05) is 12.1 Å². The molecule has 112 valence electrons. The maximum absolute atomic E-state index is 13.1. The molecule has 0 heterocycles. The second-order valence-electron chi connectivity index (χ2n) is 4.48. The number of rotatable bonds is 7. The van der Waals surface area contributed by atoms with Gasteiger partial charge in [-0.05, 0) is 51.8 Å². The van der Waals surface area contributed by atoms with E-state index in [0.29, 0.717) is 30.0 Å². The van der Waals surface area contributed by atoms with E-state index in [0.717, 1.165) is 17.7 Å². The van der Waals surface area contributed by atoms with Crippen LogP contribution in [-0.4, -0.2) is 13.2 Å².